The van der Waals surface area contributed by atoms with Gasteiger partial charge in [0.1, 0.15) is 5.54 Å². The second-order valence-corrected chi connectivity index (χ2v) is 7.00. The molecule has 0 radical (unpaired) electrons. The predicted molar refractivity (Wildman–Crippen MR) is 78.4 cm³/mol. The van der Waals surface area contributed by atoms with E-state index in [1.165, 1.54) is 6.42 Å². The summed E-state index contributed by atoms with van der Waals surface area (Å²) in [6.45, 7) is 13.5. The Morgan fingerprint density at radius 2 is 2.16 bits per heavy atom. The van der Waals surface area contributed by atoms with Crippen LogP contribution in [0.3, 0.4) is 0 Å². The number of carboxylic acids is 1. The van der Waals surface area contributed by atoms with Crippen molar-refractivity contribution >= 4 is 5.97 Å². The molecule has 1 fully saturated rings. The summed E-state index contributed by atoms with van der Waals surface area (Å²) in [7, 11) is 0. The molecule has 1 aliphatic heterocycles. The number of nitrogens with zero attached hydrogens (tertiary/aromatic N) is 1. The van der Waals surface area contributed by atoms with E-state index >= 15 is 0 Å². The van der Waals surface area contributed by atoms with Crippen LogP contribution in [0.25, 0.3) is 0 Å². The summed E-state index contributed by atoms with van der Waals surface area (Å²) in [6, 6.07) is 0.298. The van der Waals surface area contributed by atoms with Crippen molar-refractivity contribution < 1.29 is 9.90 Å². The van der Waals surface area contributed by atoms with Gasteiger partial charge in [-0.3, -0.25) is 4.79 Å². The number of hydrogen-bond acceptors (Lipinski definition) is 3. The number of likely N-dealkylation sites (tertiary alicyclic amines) is 1. The summed E-state index contributed by atoms with van der Waals surface area (Å²) >= 11 is 0. The van der Waals surface area contributed by atoms with Crippen LogP contribution in [0.1, 0.15) is 53.9 Å². The Hall–Kier alpha value is -0.610. The molecule has 1 aliphatic rings. The molecule has 4 nitrogen and oxygen atoms in total. The first-order valence-electron chi connectivity index (χ1n) is 7.43. The Balaban J connectivity index is 2.61. The van der Waals surface area contributed by atoms with Crippen LogP contribution in [0, 0.1) is 5.41 Å². The van der Waals surface area contributed by atoms with Crippen LogP contribution < -0.4 is 5.32 Å². The van der Waals surface area contributed by atoms with Crippen molar-refractivity contribution in [1.29, 1.82) is 0 Å². The molecule has 4 heteroatoms. The van der Waals surface area contributed by atoms with E-state index in [1.807, 2.05) is 6.92 Å². The van der Waals surface area contributed by atoms with Gasteiger partial charge in [-0.1, -0.05) is 20.8 Å². The fourth-order valence-corrected chi connectivity index (χ4v) is 2.89. The number of rotatable bonds is 7. The van der Waals surface area contributed by atoms with Gasteiger partial charge >= 0.3 is 5.97 Å². The smallest absolute Gasteiger partial charge is 0.323 e. The molecule has 2 atom stereocenters. The molecule has 1 heterocycles. The minimum atomic E-state index is -0.817. The molecule has 0 aromatic carbocycles. The van der Waals surface area contributed by atoms with Gasteiger partial charge in [0.05, 0.1) is 0 Å². The quantitative estimate of drug-likeness (QED) is 0.745. The van der Waals surface area contributed by atoms with E-state index in [2.05, 4.69) is 37.9 Å². The van der Waals surface area contributed by atoms with Crippen LogP contribution in [0.15, 0.2) is 0 Å². The molecule has 0 saturated carbocycles. The van der Waals surface area contributed by atoms with Gasteiger partial charge in [-0.2, -0.15) is 0 Å². The van der Waals surface area contributed by atoms with Gasteiger partial charge in [0, 0.05) is 12.6 Å². The highest BCUT2D eigenvalue weighted by atomic mass is 16.4. The molecule has 112 valence electrons. The summed E-state index contributed by atoms with van der Waals surface area (Å²) < 4.78 is 0. The van der Waals surface area contributed by atoms with Crippen molar-refractivity contribution in [2.45, 2.75) is 65.5 Å². The van der Waals surface area contributed by atoms with Gasteiger partial charge < -0.3 is 15.3 Å². The summed E-state index contributed by atoms with van der Waals surface area (Å²) in [5.74, 6) is -0.744. The molecular formula is C15H30N2O2. The lowest BCUT2D eigenvalue weighted by molar-refractivity contribution is -0.145. The maximum atomic E-state index is 11.5. The standard InChI is InChI=1S/C15H30N2O2/c1-6-8-16-15(5,13(18)19)10-12(2)17-9-7-14(3,4)11-17/h12,16H,6-11H2,1-5H3,(H,18,19). The van der Waals surface area contributed by atoms with Crippen LogP contribution in [-0.2, 0) is 4.79 Å². The molecule has 2 N–H and O–H groups in total. The van der Waals surface area contributed by atoms with Crippen molar-refractivity contribution in [3.05, 3.63) is 0 Å². The summed E-state index contributed by atoms with van der Waals surface area (Å²) in [4.78, 5) is 13.9. The number of carboxylic acid groups (broad SMARTS) is 1. The van der Waals surface area contributed by atoms with Crippen molar-refractivity contribution in [2.24, 2.45) is 5.41 Å². The molecule has 0 amide bonds. The lowest BCUT2D eigenvalue weighted by atomic mass is 9.91. The van der Waals surface area contributed by atoms with Gasteiger partial charge in [0.25, 0.3) is 0 Å². The summed E-state index contributed by atoms with van der Waals surface area (Å²) in [6.07, 6.45) is 2.80. The molecule has 0 aromatic rings. The second kappa shape index (κ2) is 6.23. The molecular weight excluding hydrogens is 240 g/mol. The summed E-state index contributed by atoms with van der Waals surface area (Å²) in [5, 5.41) is 12.7. The van der Waals surface area contributed by atoms with E-state index in [9.17, 15) is 9.90 Å². The topological polar surface area (TPSA) is 52.6 Å². The highest BCUT2D eigenvalue weighted by molar-refractivity contribution is 5.78. The largest absolute Gasteiger partial charge is 0.480 e. The predicted octanol–water partition coefficient (Wildman–Crippen LogP) is 2.34. The molecule has 19 heavy (non-hydrogen) atoms. The third kappa shape index (κ3) is 4.46. The monoisotopic (exact) mass is 270 g/mol. The number of hydrogen-bond donors (Lipinski definition) is 2. The van der Waals surface area contributed by atoms with Crippen LogP contribution in [-0.4, -0.2) is 47.2 Å². The van der Waals surface area contributed by atoms with Crippen molar-refractivity contribution in [3.8, 4) is 0 Å². The zero-order valence-electron chi connectivity index (χ0n) is 13.1. The lowest BCUT2D eigenvalue weighted by Crippen LogP contribution is -2.53. The molecule has 1 saturated heterocycles. The second-order valence-electron chi connectivity index (χ2n) is 7.00. The third-order valence-electron chi connectivity index (χ3n) is 4.27. The maximum absolute atomic E-state index is 11.5. The Morgan fingerprint density at radius 3 is 2.58 bits per heavy atom. The normalized spacial score (nSPS) is 24.1. The molecule has 1 rings (SSSR count). The molecule has 0 spiro atoms. The molecule has 0 aromatic heterocycles. The minimum Gasteiger partial charge on any atom is -0.480 e. The highest BCUT2D eigenvalue weighted by Crippen LogP contribution is 2.31. The number of nitrogens with one attached hydrogen (secondary N) is 1. The fourth-order valence-electron chi connectivity index (χ4n) is 2.89. The maximum Gasteiger partial charge on any atom is 0.323 e. The van der Waals surface area contributed by atoms with Gasteiger partial charge in [-0.25, -0.2) is 0 Å². The number of carbonyl (C=O) groups is 1. The van der Waals surface area contributed by atoms with Crippen LogP contribution in [0.4, 0.5) is 0 Å². The fraction of sp³-hybridized carbons (Fsp3) is 0.933. The van der Waals surface area contributed by atoms with Gasteiger partial charge in [0.15, 0.2) is 0 Å². The summed E-state index contributed by atoms with van der Waals surface area (Å²) in [5.41, 5.74) is -0.451. The first-order valence-corrected chi connectivity index (χ1v) is 7.43. The third-order valence-corrected chi connectivity index (χ3v) is 4.27. The minimum absolute atomic E-state index is 0.298. The van der Waals surface area contributed by atoms with Crippen LogP contribution in [0.5, 0.6) is 0 Å². The van der Waals surface area contributed by atoms with E-state index < -0.39 is 11.5 Å². The molecule has 2 unspecified atom stereocenters. The Kier molecular flexibility index (Phi) is 5.39. The van der Waals surface area contributed by atoms with E-state index in [0.29, 0.717) is 17.9 Å². The van der Waals surface area contributed by atoms with Gasteiger partial charge in [-0.15, -0.1) is 0 Å². The van der Waals surface area contributed by atoms with Crippen LogP contribution in [0.2, 0.25) is 0 Å². The Labute approximate surface area is 117 Å². The van der Waals surface area contributed by atoms with Gasteiger partial charge in [-0.05, 0) is 51.6 Å². The van der Waals surface area contributed by atoms with E-state index in [-0.39, 0.29) is 0 Å². The molecule has 0 aliphatic carbocycles. The average molecular weight is 270 g/mol. The zero-order valence-corrected chi connectivity index (χ0v) is 13.1. The first-order chi connectivity index (χ1) is 8.70. The first kappa shape index (κ1) is 16.4. The van der Waals surface area contributed by atoms with Crippen molar-refractivity contribution in [1.82, 2.24) is 10.2 Å². The Morgan fingerprint density at radius 1 is 1.53 bits per heavy atom. The number of aliphatic carboxylic acids is 1. The van der Waals surface area contributed by atoms with E-state index in [4.69, 9.17) is 0 Å². The van der Waals surface area contributed by atoms with Crippen molar-refractivity contribution in [3.63, 3.8) is 0 Å². The van der Waals surface area contributed by atoms with Crippen molar-refractivity contribution in [2.75, 3.05) is 19.6 Å². The highest BCUT2D eigenvalue weighted by Gasteiger charge is 2.38. The SMILES string of the molecule is CCCNC(C)(CC(C)N1CCC(C)(C)C1)C(=O)O. The van der Waals surface area contributed by atoms with Crippen LogP contribution >= 0.6 is 0 Å². The lowest BCUT2D eigenvalue weighted by Gasteiger charge is -2.34. The van der Waals surface area contributed by atoms with E-state index in [1.54, 1.807) is 0 Å². The molecule has 0 bridgehead atoms. The van der Waals surface area contributed by atoms with E-state index in [0.717, 1.165) is 26.1 Å². The zero-order chi connectivity index (χ0) is 14.7. The van der Waals surface area contributed by atoms with Gasteiger partial charge in [0.2, 0.25) is 0 Å². The average Bonchev–Trinajstić information content (AvgIpc) is 2.67. The Bertz CT molecular complexity index is 317.